The van der Waals surface area contributed by atoms with E-state index in [2.05, 4.69) is 6.92 Å². The molecule has 1 spiro atoms. The quantitative estimate of drug-likeness (QED) is 0.735. The van der Waals surface area contributed by atoms with Crippen molar-refractivity contribution in [3.05, 3.63) is 0 Å². The summed E-state index contributed by atoms with van der Waals surface area (Å²) in [7, 11) is 0. The minimum absolute atomic E-state index is 0.179. The van der Waals surface area contributed by atoms with Gasteiger partial charge in [0, 0.05) is 19.1 Å². The molecular weight excluding hydrogens is 240 g/mol. The van der Waals surface area contributed by atoms with Gasteiger partial charge in [-0.05, 0) is 57.8 Å². The molecule has 1 amide bonds. The first-order valence-electron chi connectivity index (χ1n) is 7.47. The van der Waals surface area contributed by atoms with Crippen LogP contribution in [0.1, 0.15) is 53.4 Å². The molecule has 110 valence electrons. The summed E-state index contributed by atoms with van der Waals surface area (Å²) in [5.74, 6) is 0.619. The second-order valence-electron chi connectivity index (χ2n) is 7.37. The van der Waals surface area contributed by atoms with Crippen molar-refractivity contribution in [2.75, 3.05) is 13.1 Å². The lowest BCUT2D eigenvalue weighted by atomic mass is 9.73. The standard InChI is InChI=1S/C15H28N2O2/c1-11-5-6-15(12(11)16)7-9-17(10-8-15)13(18)19-14(2,3)4/h11-12H,5-10,16H2,1-4H3. The SMILES string of the molecule is CC1CCC2(CCN(C(=O)OC(C)(C)C)CC2)C1N. The molecule has 2 N–H and O–H groups in total. The molecule has 0 aromatic carbocycles. The highest BCUT2D eigenvalue weighted by atomic mass is 16.6. The highest BCUT2D eigenvalue weighted by molar-refractivity contribution is 5.68. The molecule has 0 aromatic rings. The van der Waals surface area contributed by atoms with E-state index >= 15 is 0 Å². The Labute approximate surface area is 116 Å². The topological polar surface area (TPSA) is 55.6 Å². The average molecular weight is 268 g/mol. The third kappa shape index (κ3) is 3.04. The lowest BCUT2D eigenvalue weighted by molar-refractivity contribution is 0.00822. The van der Waals surface area contributed by atoms with Crippen LogP contribution in [0.3, 0.4) is 0 Å². The van der Waals surface area contributed by atoms with E-state index in [1.807, 2.05) is 25.7 Å². The summed E-state index contributed by atoms with van der Waals surface area (Å²) in [5, 5.41) is 0. The molecule has 2 atom stereocenters. The smallest absolute Gasteiger partial charge is 0.410 e. The maximum Gasteiger partial charge on any atom is 0.410 e. The number of carbonyl (C=O) groups is 1. The van der Waals surface area contributed by atoms with E-state index < -0.39 is 5.60 Å². The molecule has 2 aliphatic rings. The summed E-state index contributed by atoms with van der Waals surface area (Å²) in [4.78, 5) is 13.9. The first-order chi connectivity index (χ1) is 8.73. The van der Waals surface area contributed by atoms with Gasteiger partial charge in [0.1, 0.15) is 5.60 Å². The molecule has 2 fully saturated rings. The van der Waals surface area contributed by atoms with Crippen molar-refractivity contribution in [3.8, 4) is 0 Å². The Morgan fingerprint density at radius 1 is 1.26 bits per heavy atom. The van der Waals surface area contributed by atoms with Crippen LogP contribution in [0.15, 0.2) is 0 Å². The maximum atomic E-state index is 12.0. The van der Waals surface area contributed by atoms with Gasteiger partial charge in [-0.2, -0.15) is 0 Å². The van der Waals surface area contributed by atoms with Crippen molar-refractivity contribution in [1.29, 1.82) is 0 Å². The summed E-state index contributed by atoms with van der Waals surface area (Å²) in [5.41, 5.74) is 6.24. The zero-order chi connectivity index (χ0) is 14.3. The third-order valence-corrected chi connectivity index (χ3v) is 4.83. The van der Waals surface area contributed by atoms with Crippen LogP contribution in [0.2, 0.25) is 0 Å². The molecule has 1 saturated carbocycles. The van der Waals surface area contributed by atoms with Crippen LogP contribution in [-0.2, 0) is 4.74 Å². The highest BCUT2D eigenvalue weighted by Gasteiger charge is 2.47. The van der Waals surface area contributed by atoms with E-state index in [0.29, 0.717) is 12.0 Å². The molecule has 2 unspecified atom stereocenters. The number of amides is 1. The Morgan fingerprint density at radius 2 is 1.84 bits per heavy atom. The summed E-state index contributed by atoms with van der Waals surface area (Å²) in [6, 6.07) is 0.299. The van der Waals surface area contributed by atoms with Gasteiger partial charge in [-0.1, -0.05) is 6.92 Å². The largest absolute Gasteiger partial charge is 0.444 e. The molecule has 19 heavy (non-hydrogen) atoms. The number of piperidine rings is 1. The van der Waals surface area contributed by atoms with Crippen LogP contribution < -0.4 is 5.73 Å². The van der Waals surface area contributed by atoms with Crippen molar-refractivity contribution in [2.45, 2.75) is 65.0 Å². The molecule has 0 bridgehead atoms. The molecule has 4 nitrogen and oxygen atoms in total. The second-order valence-corrected chi connectivity index (χ2v) is 7.37. The van der Waals surface area contributed by atoms with Crippen LogP contribution in [0.4, 0.5) is 4.79 Å². The number of hydrogen-bond acceptors (Lipinski definition) is 3. The summed E-state index contributed by atoms with van der Waals surface area (Å²) in [6.45, 7) is 9.55. The van der Waals surface area contributed by atoms with Crippen molar-refractivity contribution < 1.29 is 9.53 Å². The first-order valence-corrected chi connectivity index (χ1v) is 7.47. The summed E-state index contributed by atoms with van der Waals surface area (Å²) in [6.07, 6.45) is 4.32. The van der Waals surface area contributed by atoms with Gasteiger partial charge in [0.15, 0.2) is 0 Å². The second kappa shape index (κ2) is 4.97. The minimum Gasteiger partial charge on any atom is -0.444 e. The van der Waals surface area contributed by atoms with Crippen LogP contribution >= 0.6 is 0 Å². The lowest BCUT2D eigenvalue weighted by Crippen LogP contribution is -2.50. The van der Waals surface area contributed by atoms with Gasteiger partial charge in [0.05, 0.1) is 0 Å². The van der Waals surface area contributed by atoms with Crippen LogP contribution in [-0.4, -0.2) is 35.7 Å². The van der Waals surface area contributed by atoms with Gasteiger partial charge in [-0.3, -0.25) is 0 Å². The van der Waals surface area contributed by atoms with Crippen molar-refractivity contribution in [3.63, 3.8) is 0 Å². The normalized spacial score (nSPS) is 30.7. The van der Waals surface area contributed by atoms with Gasteiger partial charge in [-0.25, -0.2) is 4.79 Å². The molecule has 4 heteroatoms. The molecule has 1 aliphatic carbocycles. The zero-order valence-electron chi connectivity index (χ0n) is 12.7. The predicted octanol–water partition coefficient (Wildman–Crippen LogP) is 2.76. The van der Waals surface area contributed by atoms with Crippen LogP contribution in [0.25, 0.3) is 0 Å². The summed E-state index contributed by atoms with van der Waals surface area (Å²) < 4.78 is 5.43. The van der Waals surface area contributed by atoms with Crippen molar-refractivity contribution >= 4 is 6.09 Å². The van der Waals surface area contributed by atoms with E-state index in [9.17, 15) is 4.79 Å². The Hall–Kier alpha value is -0.770. The Morgan fingerprint density at radius 3 is 2.26 bits per heavy atom. The number of carbonyl (C=O) groups excluding carboxylic acids is 1. The fourth-order valence-electron chi connectivity index (χ4n) is 3.51. The molecule has 1 saturated heterocycles. The molecule has 0 radical (unpaired) electrons. The minimum atomic E-state index is -0.412. The fraction of sp³-hybridized carbons (Fsp3) is 0.933. The van der Waals surface area contributed by atoms with E-state index in [1.54, 1.807) is 0 Å². The van der Waals surface area contributed by atoms with Crippen LogP contribution in [0, 0.1) is 11.3 Å². The molecular formula is C15H28N2O2. The molecule has 2 rings (SSSR count). The predicted molar refractivity (Wildman–Crippen MR) is 75.8 cm³/mol. The Balaban J connectivity index is 1.91. The van der Waals surface area contributed by atoms with Gasteiger partial charge in [-0.15, -0.1) is 0 Å². The highest BCUT2D eigenvalue weighted by Crippen LogP contribution is 2.47. The fourth-order valence-corrected chi connectivity index (χ4v) is 3.51. The Bertz CT molecular complexity index is 341. The van der Waals surface area contributed by atoms with Crippen molar-refractivity contribution in [2.24, 2.45) is 17.1 Å². The lowest BCUT2D eigenvalue weighted by Gasteiger charge is -2.42. The number of likely N-dealkylation sites (tertiary alicyclic amines) is 1. The first kappa shape index (κ1) is 14.6. The number of hydrogen-bond donors (Lipinski definition) is 1. The molecule has 0 aromatic heterocycles. The number of nitrogens with two attached hydrogens (primary N) is 1. The third-order valence-electron chi connectivity index (χ3n) is 4.83. The Kier molecular flexibility index (Phi) is 3.83. The average Bonchev–Trinajstić information content (AvgIpc) is 2.57. The monoisotopic (exact) mass is 268 g/mol. The van der Waals surface area contributed by atoms with Crippen molar-refractivity contribution in [1.82, 2.24) is 4.90 Å². The number of ether oxygens (including phenoxy) is 1. The van der Waals surface area contributed by atoms with Gasteiger partial charge >= 0.3 is 6.09 Å². The van der Waals surface area contributed by atoms with E-state index in [4.69, 9.17) is 10.5 Å². The van der Waals surface area contributed by atoms with E-state index in [-0.39, 0.29) is 11.5 Å². The van der Waals surface area contributed by atoms with Crippen LogP contribution in [0.5, 0.6) is 0 Å². The number of rotatable bonds is 0. The van der Waals surface area contributed by atoms with E-state index in [0.717, 1.165) is 25.9 Å². The van der Waals surface area contributed by atoms with E-state index in [1.165, 1.54) is 12.8 Å². The maximum absolute atomic E-state index is 12.0. The summed E-state index contributed by atoms with van der Waals surface area (Å²) >= 11 is 0. The van der Waals surface area contributed by atoms with Gasteiger partial charge < -0.3 is 15.4 Å². The molecule has 1 aliphatic heterocycles. The zero-order valence-corrected chi connectivity index (χ0v) is 12.7. The van der Waals surface area contributed by atoms with Gasteiger partial charge in [0.25, 0.3) is 0 Å². The van der Waals surface area contributed by atoms with Gasteiger partial charge in [0.2, 0.25) is 0 Å². The molecule has 1 heterocycles. The number of nitrogens with zero attached hydrogens (tertiary/aromatic N) is 1.